The maximum Gasteiger partial charge on any atom is 0.123 e. The van der Waals surface area contributed by atoms with Gasteiger partial charge in [-0.1, -0.05) is 36.0 Å². The Morgan fingerprint density at radius 2 is 2.00 bits per heavy atom. The summed E-state index contributed by atoms with van der Waals surface area (Å²) in [5.41, 5.74) is 3.68. The molecule has 130 valence electrons. The van der Waals surface area contributed by atoms with Crippen molar-refractivity contribution < 1.29 is 9.13 Å². The van der Waals surface area contributed by atoms with Crippen molar-refractivity contribution in [1.82, 2.24) is 14.6 Å². The van der Waals surface area contributed by atoms with Gasteiger partial charge in [-0.3, -0.25) is 0 Å². The number of thioether (sulfide) groups is 1. The van der Waals surface area contributed by atoms with Crippen molar-refractivity contribution >= 4 is 17.3 Å². The molecule has 2 aromatic heterocycles. The molecule has 0 aliphatic carbocycles. The predicted molar refractivity (Wildman–Crippen MR) is 101 cm³/mol. The highest BCUT2D eigenvalue weighted by atomic mass is 32.2. The third-order valence-electron chi connectivity index (χ3n) is 3.98. The van der Waals surface area contributed by atoms with Gasteiger partial charge in [-0.15, -0.1) is 0 Å². The lowest BCUT2D eigenvalue weighted by molar-refractivity contribution is 0.415. The topological polar surface area (TPSA) is 39.4 Å². The smallest absolute Gasteiger partial charge is 0.123 e. The van der Waals surface area contributed by atoms with Gasteiger partial charge < -0.3 is 4.74 Å². The van der Waals surface area contributed by atoms with Gasteiger partial charge in [-0.25, -0.2) is 13.9 Å². The van der Waals surface area contributed by atoms with Crippen LogP contribution in [0.5, 0.6) is 5.75 Å². The molecule has 0 N–H and O–H groups in total. The SMILES string of the molecule is COc1cccc(-c2cc3c(SCc4cccc(F)c4)nccn3n2)c1. The molecular weight excluding hydrogens is 349 g/mol. The Kier molecular flexibility index (Phi) is 4.58. The van der Waals surface area contributed by atoms with Crippen LogP contribution in [-0.4, -0.2) is 21.7 Å². The van der Waals surface area contributed by atoms with Gasteiger partial charge in [0.1, 0.15) is 16.6 Å². The molecule has 2 heterocycles. The van der Waals surface area contributed by atoms with Crippen LogP contribution in [0.25, 0.3) is 16.8 Å². The number of halogens is 1. The summed E-state index contributed by atoms with van der Waals surface area (Å²) >= 11 is 1.56. The first-order valence-electron chi connectivity index (χ1n) is 8.09. The molecule has 26 heavy (non-hydrogen) atoms. The Bertz CT molecular complexity index is 1060. The summed E-state index contributed by atoms with van der Waals surface area (Å²) in [4.78, 5) is 4.47. The summed E-state index contributed by atoms with van der Waals surface area (Å²) in [7, 11) is 1.65. The predicted octanol–water partition coefficient (Wildman–Crippen LogP) is 4.84. The van der Waals surface area contributed by atoms with Crippen molar-refractivity contribution in [2.24, 2.45) is 0 Å². The molecule has 0 atom stereocenters. The number of methoxy groups -OCH3 is 1. The van der Waals surface area contributed by atoms with Crippen LogP contribution >= 0.6 is 11.8 Å². The summed E-state index contributed by atoms with van der Waals surface area (Å²) in [6, 6.07) is 16.4. The van der Waals surface area contributed by atoms with E-state index in [-0.39, 0.29) is 5.82 Å². The molecule has 0 aliphatic heterocycles. The molecule has 0 aliphatic rings. The lowest BCUT2D eigenvalue weighted by atomic mass is 10.1. The lowest BCUT2D eigenvalue weighted by Gasteiger charge is -2.03. The van der Waals surface area contributed by atoms with E-state index in [2.05, 4.69) is 10.1 Å². The largest absolute Gasteiger partial charge is 0.497 e. The number of aromatic nitrogens is 3. The van der Waals surface area contributed by atoms with E-state index in [1.807, 2.05) is 47.1 Å². The van der Waals surface area contributed by atoms with Gasteiger partial charge in [-0.05, 0) is 35.9 Å². The minimum atomic E-state index is -0.223. The van der Waals surface area contributed by atoms with Crippen LogP contribution in [0.4, 0.5) is 4.39 Å². The number of nitrogens with zero attached hydrogens (tertiary/aromatic N) is 3. The number of ether oxygens (including phenoxy) is 1. The molecule has 0 saturated heterocycles. The molecule has 0 unspecified atom stereocenters. The maximum absolute atomic E-state index is 13.3. The van der Waals surface area contributed by atoms with E-state index in [1.54, 1.807) is 37.2 Å². The molecule has 4 nitrogen and oxygen atoms in total. The second-order valence-corrected chi connectivity index (χ2v) is 6.71. The Hall–Kier alpha value is -2.86. The summed E-state index contributed by atoms with van der Waals surface area (Å²) in [6.07, 6.45) is 3.55. The van der Waals surface area contributed by atoms with Gasteiger partial charge in [0.25, 0.3) is 0 Å². The van der Waals surface area contributed by atoms with Crippen LogP contribution in [0, 0.1) is 5.82 Å². The Morgan fingerprint density at radius 1 is 1.12 bits per heavy atom. The summed E-state index contributed by atoms with van der Waals surface area (Å²) in [5, 5.41) is 5.50. The van der Waals surface area contributed by atoms with E-state index in [4.69, 9.17) is 4.74 Å². The molecule has 0 amide bonds. The molecule has 0 bridgehead atoms. The number of benzene rings is 2. The monoisotopic (exact) mass is 365 g/mol. The number of hydrogen-bond acceptors (Lipinski definition) is 4. The number of fused-ring (bicyclic) bond motifs is 1. The van der Waals surface area contributed by atoms with Crippen molar-refractivity contribution in [3.63, 3.8) is 0 Å². The minimum absolute atomic E-state index is 0.223. The number of rotatable bonds is 5. The minimum Gasteiger partial charge on any atom is -0.497 e. The third kappa shape index (κ3) is 3.41. The Morgan fingerprint density at radius 3 is 2.85 bits per heavy atom. The Balaban J connectivity index is 1.65. The van der Waals surface area contributed by atoms with Gasteiger partial charge in [-0.2, -0.15) is 5.10 Å². The third-order valence-corrected chi connectivity index (χ3v) is 5.05. The van der Waals surface area contributed by atoms with Crippen LogP contribution in [0.1, 0.15) is 5.56 Å². The van der Waals surface area contributed by atoms with Crippen molar-refractivity contribution in [3.8, 4) is 17.0 Å². The van der Waals surface area contributed by atoms with Crippen molar-refractivity contribution in [1.29, 1.82) is 0 Å². The fraction of sp³-hybridized carbons (Fsp3) is 0.100. The zero-order valence-corrected chi connectivity index (χ0v) is 14.9. The average molecular weight is 365 g/mol. The van der Waals surface area contributed by atoms with E-state index in [9.17, 15) is 4.39 Å². The summed E-state index contributed by atoms with van der Waals surface area (Å²) < 4.78 is 20.5. The van der Waals surface area contributed by atoms with Crippen molar-refractivity contribution in [2.75, 3.05) is 7.11 Å². The maximum atomic E-state index is 13.3. The summed E-state index contributed by atoms with van der Waals surface area (Å²) in [6.45, 7) is 0. The fourth-order valence-corrected chi connectivity index (χ4v) is 3.63. The second kappa shape index (κ2) is 7.17. The van der Waals surface area contributed by atoms with Crippen LogP contribution in [0.15, 0.2) is 72.0 Å². The van der Waals surface area contributed by atoms with Crippen molar-refractivity contribution in [2.45, 2.75) is 10.8 Å². The highest BCUT2D eigenvalue weighted by Crippen LogP contribution is 2.29. The van der Waals surface area contributed by atoms with Crippen LogP contribution in [0.2, 0.25) is 0 Å². The molecule has 2 aromatic carbocycles. The molecule has 6 heteroatoms. The number of hydrogen-bond donors (Lipinski definition) is 0. The molecular formula is C20H16FN3OS. The normalized spacial score (nSPS) is 11.0. The van der Waals surface area contributed by atoms with Crippen LogP contribution < -0.4 is 4.74 Å². The lowest BCUT2D eigenvalue weighted by Crippen LogP contribution is -1.91. The highest BCUT2D eigenvalue weighted by molar-refractivity contribution is 7.98. The summed E-state index contributed by atoms with van der Waals surface area (Å²) in [5.74, 6) is 1.21. The van der Waals surface area contributed by atoms with Gasteiger partial charge >= 0.3 is 0 Å². The molecule has 0 fully saturated rings. The quantitative estimate of drug-likeness (QED) is 0.475. The standard InChI is InChI=1S/C20H16FN3OS/c1-25-17-7-3-5-15(11-17)18-12-19-20(22-8-9-24(19)23-18)26-13-14-4-2-6-16(21)10-14/h2-12H,13H2,1H3. The van der Waals surface area contributed by atoms with Gasteiger partial charge in [0, 0.05) is 23.7 Å². The van der Waals surface area contributed by atoms with E-state index >= 15 is 0 Å². The highest BCUT2D eigenvalue weighted by Gasteiger charge is 2.10. The van der Waals surface area contributed by atoms with E-state index in [0.29, 0.717) is 5.75 Å². The zero-order chi connectivity index (χ0) is 17.9. The molecule has 0 radical (unpaired) electrons. The molecule has 4 rings (SSSR count). The molecule has 0 spiro atoms. The molecule has 4 aromatic rings. The van der Waals surface area contributed by atoms with E-state index in [0.717, 1.165) is 33.1 Å². The van der Waals surface area contributed by atoms with Crippen molar-refractivity contribution in [3.05, 3.63) is 78.4 Å². The first-order chi connectivity index (χ1) is 12.7. The zero-order valence-electron chi connectivity index (χ0n) is 14.1. The van der Waals surface area contributed by atoms with Crippen LogP contribution in [0.3, 0.4) is 0 Å². The fourth-order valence-electron chi connectivity index (χ4n) is 2.71. The average Bonchev–Trinajstić information content (AvgIpc) is 3.11. The van der Waals surface area contributed by atoms with E-state index in [1.165, 1.54) is 6.07 Å². The second-order valence-electron chi connectivity index (χ2n) is 5.74. The molecule has 0 saturated carbocycles. The first-order valence-corrected chi connectivity index (χ1v) is 9.07. The van der Waals surface area contributed by atoms with Crippen LogP contribution in [-0.2, 0) is 5.75 Å². The van der Waals surface area contributed by atoms with Gasteiger partial charge in [0.2, 0.25) is 0 Å². The van der Waals surface area contributed by atoms with Gasteiger partial charge in [0.15, 0.2) is 0 Å². The van der Waals surface area contributed by atoms with E-state index < -0.39 is 0 Å². The first kappa shape index (κ1) is 16.6. The Labute approximate surface area is 154 Å². The van der Waals surface area contributed by atoms with Gasteiger partial charge in [0.05, 0.1) is 18.3 Å².